The number of rotatable bonds is 3. The summed E-state index contributed by atoms with van der Waals surface area (Å²) in [4.78, 5) is 4.27. The molecule has 0 amide bonds. The number of nitrogens with zero attached hydrogens (tertiary/aromatic N) is 1. The minimum atomic E-state index is 0.0901. The van der Waals surface area contributed by atoms with Crippen molar-refractivity contribution in [2.45, 2.75) is 24.9 Å². The first-order chi connectivity index (χ1) is 6.35. The average molecular weight is 183 g/mol. The van der Waals surface area contributed by atoms with Gasteiger partial charge in [0.15, 0.2) is 5.96 Å². The summed E-state index contributed by atoms with van der Waals surface area (Å²) < 4.78 is 5.49. The van der Waals surface area contributed by atoms with Gasteiger partial charge in [0.05, 0.1) is 12.1 Å². The van der Waals surface area contributed by atoms with E-state index in [1.54, 1.807) is 7.11 Å². The molecule has 0 aromatic carbocycles. The van der Waals surface area contributed by atoms with Crippen LogP contribution >= 0.6 is 0 Å². The lowest BCUT2D eigenvalue weighted by atomic mass is 9.80. The molecular weight excluding hydrogens is 166 g/mol. The van der Waals surface area contributed by atoms with Gasteiger partial charge in [-0.05, 0) is 19.3 Å². The molecule has 0 atom stereocenters. The van der Waals surface area contributed by atoms with Crippen molar-refractivity contribution < 1.29 is 4.74 Å². The molecule has 0 spiro atoms. The van der Waals surface area contributed by atoms with Gasteiger partial charge in [0.25, 0.3) is 0 Å². The van der Waals surface area contributed by atoms with Gasteiger partial charge in [0.1, 0.15) is 0 Å². The molecule has 2 N–H and O–H groups in total. The molecule has 1 fully saturated rings. The van der Waals surface area contributed by atoms with Crippen LogP contribution < -0.4 is 10.6 Å². The molecule has 0 unspecified atom stereocenters. The fourth-order valence-corrected chi connectivity index (χ4v) is 1.79. The number of hydrogen-bond acceptors (Lipinski definition) is 4. The molecule has 13 heavy (non-hydrogen) atoms. The van der Waals surface area contributed by atoms with E-state index < -0.39 is 0 Å². The van der Waals surface area contributed by atoms with Crippen LogP contribution in [0.15, 0.2) is 4.99 Å². The molecular formula is C9H17N3O. The van der Waals surface area contributed by atoms with Crippen LogP contribution in [0.5, 0.6) is 0 Å². The van der Waals surface area contributed by atoms with Crippen LogP contribution in [0.1, 0.15) is 19.3 Å². The average Bonchev–Trinajstić information content (AvgIpc) is 2.56. The number of guanidine groups is 1. The SMILES string of the molecule is COC1(CNC2=NCCN2)CCC1. The molecule has 74 valence electrons. The topological polar surface area (TPSA) is 45.6 Å². The van der Waals surface area contributed by atoms with Gasteiger partial charge in [-0.1, -0.05) is 0 Å². The normalized spacial score (nSPS) is 24.5. The van der Waals surface area contributed by atoms with Crippen molar-refractivity contribution >= 4 is 5.96 Å². The number of nitrogens with one attached hydrogen (secondary N) is 2. The largest absolute Gasteiger partial charge is 0.376 e. The van der Waals surface area contributed by atoms with Crippen LogP contribution in [0.3, 0.4) is 0 Å². The first kappa shape index (κ1) is 8.81. The third-order valence-electron chi connectivity index (χ3n) is 2.95. The third kappa shape index (κ3) is 1.77. The van der Waals surface area contributed by atoms with Gasteiger partial charge < -0.3 is 15.4 Å². The van der Waals surface area contributed by atoms with Crippen molar-refractivity contribution in [2.75, 3.05) is 26.7 Å². The van der Waals surface area contributed by atoms with Crippen molar-refractivity contribution in [3.8, 4) is 0 Å². The van der Waals surface area contributed by atoms with Crippen molar-refractivity contribution in [3.05, 3.63) is 0 Å². The minimum absolute atomic E-state index is 0.0901. The van der Waals surface area contributed by atoms with E-state index in [0.717, 1.165) is 25.6 Å². The Morgan fingerprint density at radius 1 is 1.62 bits per heavy atom. The quantitative estimate of drug-likeness (QED) is 0.652. The Morgan fingerprint density at radius 3 is 2.92 bits per heavy atom. The minimum Gasteiger partial charge on any atom is -0.376 e. The molecule has 2 rings (SSSR count). The van der Waals surface area contributed by atoms with Crippen molar-refractivity contribution in [3.63, 3.8) is 0 Å². The molecule has 4 nitrogen and oxygen atoms in total. The summed E-state index contributed by atoms with van der Waals surface area (Å²) in [6.45, 7) is 2.74. The number of aliphatic imine (C=N–C) groups is 1. The summed E-state index contributed by atoms with van der Waals surface area (Å²) >= 11 is 0. The van der Waals surface area contributed by atoms with Crippen LogP contribution in [-0.2, 0) is 4.74 Å². The fraction of sp³-hybridized carbons (Fsp3) is 0.889. The molecule has 0 saturated heterocycles. The Morgan fingerprint density at radius 2 is 2.46 bits per heavy atom. The molecule has 0 radical (unpaired) electrons. The van der Waals surface area contributed by atoms with Crippen molar-refractivity contribution in [1.29, 1.82) is 0 Å². The fourth-order valence-electron chi connectivity index (χ4n) is 1.79. The summed E-state index contributed by atoms with van der Waals surface area (Å²) in [6.07, 6.45) is 3.63. The summed E-state index contributed by atoms with van der Waals surface area (Å²) in [7, 11) is 1.80. The van der Waals surface area contributed by atoms with Crippen LogP contribution in [0.4, 0.5) is 0 Å². The lowest BCUT2D eigenvalue weighted by Crippen LogP contribution is -2.51. The zero-order valence-electron chi connectivity index (χ0n) is 8.10. The Hall–Kier alpha value is -0.770. The standard InChI is InChI=1S/C9H17N3O/c1-13-9(3-2-4-9)7-12-8-10-5-6-11-8/h2-7H2,1H3,(H2,10,11,12). The smallest absolute Gasteiger partial charge is 0.191 e. The van der Waals surface area contributed by atoms with E-state index in [1.807, 2.05) is 0 Å². The first-order valence-electron chi connectivity index (χ1n) is 4.92. The molecule has 0 bridgehead atoms. The van der Waals surface area contributed by atoms with E-state index in [2.05, 4.69) is 15.6 Å². The number of ether oxygens (including phenoxy) is 1. The second-order valence-electron chi connectivity index (χ2n) is 3.75. The maximum atomic E-state index is 5.49. The van der Waals surface area contributed by atoms with E-state index in [-0.39, 0.29) is 5.60 Å². The van der Waals surface area contributed by atoms with E-state index in [0.29, 0.717) is 0 Å². The van der Waals surface area contributed by atoms with Gasteiger partial charge in [-0.15, -0.1) is 0 Å². The zero-order valence-corrected chi connectivity index (χ0v) is 8.10. The summed E-state index contributed by atoms with van der Waals surface area (Å²) in [6, 6.07) is 0. The zero-order chi connectivity index (χ0) is 9.15. The molecule has 1 heterocycles. The second-order valence-corrected chi connectivity index (χ2v) is 3.75. The van der Waals surface area contributed by atoms with Crippen molar-refractivity contribution in [1.82, 2.24) is 10.6 Å². The highest BCUT2D eigenvalue weighted by molar-refractivity contribution is 5.81. The molecule has 4 heteroatoms. The Labute approximate surface area is 78.8 Å². The second kappa shape index (κ2) is 3.54. The third-order valence-corrected chi connectivity index (χ3v) is 2.95. The van der Waals surface area contributed by atoms with Gasteiger partial charge >= 0.3 is 0 Å². The number of hydrogen-bond donors (Lipinski definition) is 2. The van der Waals surface area contributed by atoms with Gasteiger partial charge in [-0.25, -0.2) is 0 Å². The molecule has 0 aromatic rings. The van der Waals surface area contributed by atoms with Gasteiger partial charge in [0.2, 0.25) is 0 Å². The summed E-state index contributed by atoms with van der Waals surface area (Å²) in [5.74, 6) is 0.934. The lowest BCUT2D eigenvalue weighted by Gasteiger charge is -2.40. The first-order valence-corrected chi connectivity index (χ1v) is 4.92. The van der Waals surface area contributed by atoms with E-state index in [4.69, 9.17) is 4.74 Å². The van der Waals surface area contributed by atoms with E-state index in [1.165, 1.54) is 19.3 Å². The highest BCUT2D eigenvalue weighted by Crippen LogP contribution is 2.34. The molecule has 2 aliphatic rings. The number of methoxy groups -OCH3 is 1. The van der Waals surface area contributed by atoms with Crippen LogP contribution in [0.25, 0.3) is 0 Å². The Balaban J connectivity index is 1.77. The lowest BCUT2D eigenvalue weighted by molar-refractivity contribution is -0.0666. The molecule has 1 aliphatic heterocycles. The highest BCUT2D eigenvalue weighted by Gasteiger charge is 2.36. The van der Waals surface area contributed by atoms with Crippen LogP contribution in [0, 0.1) is 0 Å². The van der Waals surface area contributed by atoms with Gasteiger partial charge in [-0.3, -0.25) is 4.99 Å². The Kier molecular flexibility index (Phi) is 2.40. The van der Waals surface area contributed by atoms with E-state index >= 15 is 0 Å². The predicted octanol–water partition coefficient (Wildman–Crippen LogP) is 0.104. The monoisotopic (exact) mass is 183 g/mol. The molecule has 1 aliphatic carbocycles. The van der Waals surface area contributed by atoms with Crippen molar-refractivity contribution in [2.24, 2.45) is 4.99 Å². The molecule has 0 aromatic heterocycles. The van der Waals surface area contributed by atoms with Gasteiger partial charge in [0, 0.05) is 20.2 Å². The van der Waals surface area contributed by atoms with Crippen LogP contribution in [-0.4, -0.2) is 38.3 Å². The summed E-state index contributed by atoms with van der Waals surface area (Å²) in [5, 5.41) is 6.47. The maximum absolute atomic E-state index is 5.49. The van der Waals surface area contributed by atoms with E-state index in [9.17, 15) is 0 Å². The highest BCUT2D eigenvalue weighted by atomic mass is 16.5. The predicted molar refractivity (Wildman–Crippen MR) is 51.9 cm³/mol. The molecule has 1 saturated carbocycles. The maximum Gasteiger partial charge on any atom is 0.191 e. The van der Waals surface area contributed by atoms with Crippen LogP contribution in [0.2, 0.25) is 0 Å². The van der Waals surface area contributed by atoms with Gasteiger partial charge in [-0.2, -0.15) is 0 Å². The summed E-state index contributed by atoms with van der Waals surface area (Å²) in [5.41, 5.74) is 0.0901. The Bertz CT molecular complexity index is 205.